The summed E-state index contributed by atoms with van der Waals surface area (Å²) in [5.41, 5.74) is 0.233. The van der Waals surface area contributed by atoms with Gasteiger partial charge in [-0.1, -0.05) is 0 Å². The molecule has 0 bridgehead atoms. The molecular formula is C13H11F2NO4S. The summed E-state index contributed by atoms with van der Waals surface area (Å²) in [6, 6.07) is 5.30. The molecule has 21 heavy (non-hydrogen) atoms. The summed E-state index contributed by atoms with van der Waals surface area (Å²) < 4.78 is 63.0. The largest absolute Gasteiger partial charge is 0.345 e. The molecule has 2 aromatic rings. The molecule has 112 valence electrons. The number of hydrogen-bond acceptors (Lipinski definition) is 4. The third kappa shape index (κ3) is 2.45. The monoisotopic (exact) mass is 315 g/mol. The molecule has 1 saturated heterocycles. The Morgan fingerprint density at radius 2 is 1.86 bits per heavy atom. The van der Waals surface area contributed by atoms with Crippen LogP contribution >= 0.6 is 0 Å². The van der Waals surface area contributed by atoms with Crippen LogP contribution in [0.3, 0.4) is 0 Å². The molecular weight excluding hydrogens is 304 g/mol. The third-order valence-electron chi connectivity index (χ3n) is 3.04. The van der Waals surface area contributed by atoms with E-state index in [2.05, 4.69) is 0 Å². The molecule has 8 heteroatoms. The van der Waals surface area contributed by atoms with Gasteiger partial charge in [0.1, 0.15) is 16.5 Å². The second-order valence-corrected chi connectivity index (χ2v) is 6.17. The molecule has 0 aliphatic carbocycles. The molecule has 1 fully saturated rings. The van der Waals surface area contributed by atoms with Gasteiger partial charge in [-0.25, -0.2) is 21.2 Å². The smallest absolute Gasteiger partial charge is 0.270 e. The van der Waals surface area contributed by atoms with Crippen molar-refractivity contribution in [3.63, 3.8) is 0 Å². The highest BCUT2D eigenvalue weighted by Crippen LogP contribution is 2.27. The van der Waals surface area contributed by atoms with Crippen molar-refractivity contribution in [2.75, 3.05) is 13.2 Å². The SMILES string of the molecule is O=S(=O)(c1ccc(F)cc1F)n1cccc1C1OCCO1. The lowest BCUT2D eigenvalue weighted by Gasteiger charge is -2.14. The molecule has 2 heterocycles. The van der Waals surface area contributed by atoms with Crippen LogP contribution in [0.2, 0.25) is 0 Å². The summed E-state index contributed by atoms with van der Waals surface area (Å²) in [6.45, 7) is 0.696. The number of ether oxygens (including phenoxy) is 2. The maximum absolute atomic E-state index is 13.8. The first-order valence-electron chi connectivity index (χ1n) is 6.11. The van der Waals surface area contributed by atoms with E-state index in [1.165, 1.54) is 18.3 Å². The first-order chi connectivity index (χ1) is 10.00. The van der Waals surface area contributed by atoms with Gasteiger partial charge in [0.25, 0.3) is 10.0 Å². The van der Waals surface area contributed by atoms with Crippen LogP contribution in [0.25, 0.3) is 0 Å². The third-order valence-corrected chi connectivity index (χ3v) is 4.77. The summed E-state index contributed by atoms with van der Waals surface area (Å²) in [4.78, 5) is -0.612. The number of aromatic nitrogens is 1. The van der Waals surface area contributed by atoms with Gasteiger partial charge < -0.3 is 9.47 Å². The van der Waals surface area contributed by atoms with Crippen LogP contribution < -0.4 is 0 Å². The van der Waals surface area contributed by atoms with Gasteiger partial charge in [0.05, 0.1) is 18.9 Å². The lowest BCUT2D eigenvalue weighted by molar-refractivity contribution is -0.0477. The summed E-state index contributed by atoms with van der Waals surface area (Å²) in [5.74, 6) is -2.00. The van der Waals surface area contributed by atoms with E-state index >= 15 is 0 Å². The molecule has 0 spiro atoms. The maximum Gasteiger partial charge on any atom is 0.270 e. The van der Waals surface area contributed by atoms with Gasteiger partial charge in [-0.3, -0.25) is 0 Å². The Bertz CT molecular complexity index is 766. The molecule has 0 radical (unpaired) electrons. The van der Waals surface area contributed by atoms with Gasteiger partial charge >= 0.3 is 0 Å². The highest BCUT2D eigenvalue weighted by atomic mass is 32.2. The van der Waals surface area contributed by atoms with Gasteiger partial charge in [-0.15, -0.1) is 0 Å². The lowest BCUT2D eigenvalue weighted by Crippen LogP contribution is -2.18. The van der Waals surface area contributed by atoms with Crippen LogP contribution in [0.15, 0.2) is 41.4 Å². The Labute approximate surface area is 119 Å². The van der Waals surface area contributed by atoms with Crippen molar-refractivity contribution in [2.24, 2.45) is 0 Å². The van der Waals surface area contributed by atoms with Crippen molar-refractivity contribution in [2.45, 2.75) is 11.2 Å². The molecule has 1 aromatic carbocycles. The number of benzene rings is 1. The summed E-state index contributed by atoms with van der Waals surface area (Å²) >= 11 is 0. The Hall–Kier alpha value is -1.77. The molecule has 1 aliphatic heterocycles. The zero-order valence-corrected chi connectivity index (χ0v) is 11.5. The fourth-order valence-electron chi connectivity index (χ4n) is 2.10. The fraction of sp³-hybridized carbons (Fsp3) is 0.231. The lowest BCUT2D eigenvalue weighted by atomic mass is 10.3. The summed E-state index contributed by atoms with van der Waals surface area (Å²) in [6.07, 6.45) is 0.441. The van der Waals surface area contributed by atoms with E-state index in [1.54, 1.807) is 0 Å². The molecule has 1 aliphatic rings. The van der Waals surface area contributed by atoms with E-state index in [0.29, 0.717) is 19.3 Å². The van der Waals surface area contributed by atoms with Crippen LogP contribution in [0.5, 0.6) is 0 Å². The zero-order chi connectivity index (χ0) is 15.0. The van der Waals surface area contributed by atoms with E-state index < -0.39 is 32.8 Å². The van der Waals surface area contributed by atoms with E-state index in [9.17, 15) is 17.2 Å². The quantitative estimate of drug-likeness (QED) is 0.870. The van der Waals surface area contributed by atoms with Gasteiger partial charge in [0.2, 0.25) is 0 Å². The summed E-state index contributed by atoms with van der Waals surface area (Å²) in [7, 11) is -4.20. The summed E-state index contributed by atoms with van der Waals surface area (Å²) in [5, 5.41) is 0. The molecule has 1 aromatic heterocycles. The number of rotatable bonds is 3. The molecule has 0 saturated carbocycles. The van der Waals surface area contributed by atoms with Gasteiger partial charge in [0.15, 0.2) is 6.29 Å². The number of nitrogens with zero attached hydrogens (tertiary/aromatic N) is 1. The van der Waals surface area contributed by atoms with E-state index in [4.69, 9.17) is 9.47 Å². The van der Waals surface area contributed by atoms with Crippen molar-refractivity contribution in [1.29, 1.82) is 0 Å². The normalized spacial score (nSPS) is 16.5. The van der Waals surface area contributed by atoms with Crippen LogP contribution in [0.1, 0.15) is 12.0 Å². The Balaban J connectivity index is 2.08. The molecule has 0 amide bonds. The van der Waals surface area contributed by atoms with Crippen LogP contribution in [-0.2, 0) is 19.5 Å². The zero-order valence-electron chi connectivity index (χ0n) is 10.7. The molecule has 5 nitrogen and oxygen atoms in total. The topological polar surface area (TPSA) is 57.5 Å². The number of halogens is 2. The second-order valence-electron chi connectivity index (χ2n) is 4.38. The average Bonchev–Trinajstić information content (AvgIpc) is 3.09. The standard InChI is InChI=1S/C13H11F2NO4S/c14-9-3-4-12(10(15)8-9)21(17,18)16-5-1-2-11(16)13-19-6-7-20-13/h1-5,8,13H,6-7H2. The van der Waals surface area contributed by atoms with Crippen LogP contribution in [-0.4, -0.2) is 25.6 Å². The minimum atomic E-state index is -4.20. The van der Waals surface area contributed by atoms with Crippen molar-refractivity contribution in [3.8, 4) is 0 Å². The minimum Gasteiger partial charge on any atom is -0.345 e. The fourth-order valence-corrected chi connectivity index (χ4v) is 3.51. The maximum atomic E-state index is 13.8. The first kappa shape index (κ1) is 14.2. The van der Waals surface area contributed by atoms with Crippen molar-refractivity contribution >= 4 is 10.0 Å². The highest BCUT2D eigenvalue weighted by Gasteiger charge is 2.29. The van der Waals surface area contributed by atoms with Crippen molar-refractivity contribution < 1.29 is 26.7 Å². The molecule has 0 atom stereocenters. The molecule has 3 rings (SSSR count). The molecule has 0 N–H and O–H groups in total. The van der Waals surface area contributed by atoms with Crippen molar-refractivity contribution in [1.82, 2.24) is 3.97 Å². The van der Waals surface area contributed by atoms with E-state index in [-0.39, 0.29) is 5.69 Å². The average molecular weight is 315 g/mol. The Kier molecular flexibility index (Phi) is 3.52. The highest BCUT2D eigenvalue weighted by molar-refractivity contribution is 7.90. The van der Waals surface area contributed by atoms with E-state index in [0.717, 1.165) is 16.1 Å². The van der Waals surface area contributed by atoms with Gasteiger partial charge in [0, 0.05) is 12.3 Å². The van der Waals surface area contributed by atoms with Gasteiger partial charge in [-0.2, -0.15) is 0 Å². The van der Waals surface area contributed by atoms with Crippen LogP contribution in [0, 0.1) is 11.6 Å². The van der Waals surface area contributed by atoms with Crippen LogP contribution in [0.4, 0.5) is 8.78 Å². The van der Waals surface area contributed by atoms with Crippen molar-refractivity contribution in [3.05, 3.63) is 53.9 Å². The van der Waals surface area contributed by atoms with Gasteiger partial charge in [-0.05, 0) is 24.3 Å². The molecule has 0 unspecified atom stereocenters. The first-order valence-corrected chi connectivity index (χ1v) is 7.55. The van der Waals surface area contributed by atoms with E-state index in [1.807, 2.05) is 0 Å². The number of hydrogen-bond donors (Lipinski definition) is 0. The minimum absolute atomic E-state index is 0.233. The Morgan fingerprint density at radius 1 is 1.14 bits per heavy atom. The second kappa shape index (κ2) is 5.21. The predicted molar refractivity (Wildman–Crippen MR) is 68.0 cm³/mol. The predicted octanol–water partition coefficient (Wildman–Crippen LogP) is 2.05. The Morgan fingerprint density at radius 3 is 2.52 bits per heavy atom.